The Morgan fingerprint density at radius 2 is 1.55 bits per heavy atom. The second-order valence-electron chi connectivity index (χ2n) is 6.56. The Kier molecular flexibility index (Phi) is 5.76. The first-order valence-corrected chi connectivity index (χ1v) is 9.74. The first-order valence-electron chi connectivity index (χ1n) is 9.74. The molecule has 0 saturated carbocycles. The van der Waals surface area contributed by atoms with E-state index in [-0.39, 0.29) is 0 Å². The molecule has 0 unspecified atom stereocenters. The molecule has 0 aliphatic carbocycles. The molecule has 0 aliphatic heterocycles. The molecule has 4 rings (SSSR count). The smallest absolute Gasteiger partial charge is 0.225 e. The Labute approximate surface area is 171 Å². The second-order valence-corrected chi connectivity index (χ2v) is 6.56. The van der Waals surface area contributed by atoms with Crippen LogP contribution in [0, 0.1) is 0 Å². The Bertz CT molecular complexity index is 1040. The van der Waals surface area contributed by atoms with E-state index in [4.69, 9.17) is 9.97 Å². The number of nitrogens with zero attached hydrogens (tertiary/aromatic N) is 4. The molecule has 0 bridgehead atoms. The van der Waals surface area contributed by atoms with E-state index >= 15 is 0 Å². The van der Waals surface area contributed by atoms with Gasteiger partial charge in [0.15, 0.2) is 0 Å². The lowest BCUT2D eigenvalue weighted by Crippen LogP contribution is -2.18. The SMILES string of the molecule is CCN(c1ccccc1)c1cc(-c2ccccc2)nc(NCc2ccccn2)n1. The fraction of sp³-hybridized carbons (Fsp3) is 0.125. The number of anilines is 3. The van der Waals surface area contributed by atoms with Gasteiger partial charge in [-0.25, -0.2) is 4.98 Å². The molecule has 5 nitrogen and oxygen atoms in total. The zero-order chi connectivity index (χ0) is 19.9. The van der Waals surface area contributed by atoms with Gasteiger partial charge in [-0.05, 0) is 31.2 Å². The Hall–Kier alpha value is -3.73. The summed E-state index contributed by atoms with van der Waals surface area (Å²) in [5.74, 6) is 1.44. The van der Waals surface area contributed by atoms with E-state index < -0.39 is 0 Å². The molecular formula is C24H23N5. The van der Waals surface area contributed by atoms with Crippen LogP contribution in [0.25, 0.3) is 11.3 Å². The largest absolute Gasteiger partial charge is 0.348 e. The van der Waals surface area contributed by atoms with Crippen LogP contribution in [0.4, 0.5) is 17.5 Å². The highest BCUT2D eigenvalue weighted by Crippen LogP contribution is 2.28. The van der Waals surface area contributed by atoms with Gasteiger partial charge in [0.25, 0.3) is 0 Å². The van der Waals surface area contributed by atoms with Gasteiger partial charge in [0.2, 0.25) is 5.95 Å². The van der Waals surface area contributed by atoms with E-state index in [9.17, 15) is 0 Å². The van der Waals surface area contributed by atoms with E-state index in [0.29, 0.717) is 12.5 Å². The predicted molar refractivity (Wildman–Crippen MR) is 118 cm³/mol. The van der Waals surface area contributed by atoms with Crippen molar-refractivity contribution in [3.05, 3.63) is 96.8 Å². The summed E-state index contributed by atoms with van der Waals surface area (Å²) >= 11 is 0. The number of hydrogen-bond acceptors (Lipinski definition) is 5. The summed E-state index contributed by atoms with van der Waals surface area (Å²) in [7, 11) is 0. The van der Waals surface area contributed by atoms with Gasteiger partial charge in [-0.1, -0.05) is 54.6 Å². The third-order valence-corrected chi connectivity index (χ3v) is 4.60. The van der Waals surface area contributed by atoms with Gasteiger partial charge in [-0.15, -0.1) is 0 Å². The van der Waals surface area contributed by atoms with Gasteiger partial charge in [-0.3, -0.25) is 4.98 Å². The van der Waals surface area contributed by atoms with Crippen LogP contribution >= 0.6 is 0 Å². The Morgan fingerprint density at radius 1 is 0.828 bits per heavy atom. The topological polar surface area (TPSA) is 53.9 Å². The van der Waals surface area contributed by atoms with Crippen LogP contribution < -0.4 is 10.2 Å². The monoisotopic (exact) mass is 381 g/mol. The molecule has 2 heterocycles. The molecule has 4 aromatic rings. The highest BCUT2D eigenvalue weighted by molar-refractivity contribution is 5.68. The van der Waals surface area contributed by atoms with Gasteiger partial charge in [0.05, 0.1) is 17.9 Å². The van der Waals surface area contributed by atoms with Crippen molar-refractivity contribution in [2.75, 3.05) is 16.8 Å². The zero-order valence-electron chi connectivity index (χ0n) is 16.4. The second kappa shape index (κ2) is 8.97. The summed E-state index contributed by atoms with van der Waals surface area (Å²) in [4.78, 5) is 16.1. The van der Waals surface area contributed by atoms with Crippen LogP contribution in [0.1, 0.15) is 12.6 Å². The highest BCUT2D eigenvalue weighted by Gasteiger charge is 2.13. The van der Waals surface area contributed by atoms with Crippen molar-refractivity contribution in [3.8, 4) is 11.3 Å². The third kappa shape index (κ3) is 4.58. The summed E-state index contributed by atoms with van der Waals surface area (Å²) in [6.07, 6.45) is 1.79. The molecule has 0 spiro atoms. The summed E-state index contributed by atoms with van der Waals surface area (Å²) in [5.41, 5.74) is 3.98. The van der Waals surface area contributed by atoms with Crippen LogP contribution in [-0.2, 0) is 6.54 Å². The molecule has 144 valence electrons. The molecule has 29 heavy (non-hydrogen) atoms. The molecule has 0 fully saturated rings. The number of rotatable bonds is 7. The van der Waals surface area contributed by atoms with Crippen molar-refractivity contribution >= 4 is 17.5 Å². The lowest BCUT2D eigenvalue weighted by molar-refractivity contribution is 0.958. The molecule has 1 N–H and O–H groups in total. The Morgan fingerprint density at radius 3 is 2.24 bits per heavy atom. The zero-order valence-corrected chi connectivity index (χ0v) is 16.4. The highest BCUT2D eigenvalue weighted by atomic mass is 15.2. The maximum Gasteiger partial charge on any atom is 0.225 e. The number of benzene rings is 2. The van der Waals surface area contributed by atoms with Crippen molar-refractivity contribution < 1.29 is 0 Å². The number of hydrogen-bond donors (Lipinski definition) is 1. The Balaban J connectivity index is 1.71. The molecule has 0 saturated heterocycles. The van der Waals surface area contributed by atoms with Crippen molar-refractivity contribution in [2.24, 2.45) is 0 Å². The third-order valence-electron chi connectivity index (χ3n) is 4.60. The van der Waals surface area contributed by atoms with Crippen molar-refractivity contribution in [1.29, 1.82) is 0 Å². The quantitative estimate of drug-likeness (QED) is 0.470. The normalized spacial score (nSPS) is 10.5. The van der Waals surface area contributed by atoms with E-state index in [1.807, 2.05) is 60.7 Å². The van der Waals surface area contributed by atoms with Crippen LogP contribution in [0.2, 0.25) is 0 Å². The number of nitrogens with one attached hydrogen (secondary N) is 1. The fourth-order valence-electron chi connectivity index (χ4n) is 3.17. The molecular weight excluding hydrogens is 358 g/mol. The minimum atomic E-state index is 0.565. The maximum absolute atomic E-state index is 4.80. The molecule has 0 radical (unpaired) electrons. The summed E-state index contributed by atoms with van der Waals surface area (Å²) in [5, 5.41) is 3.33. The van der Waals surface area contributed by atoms with Crippen LogP contribution in [-0.4, -0.2) is 21.5 Å². The van der Waals surface area contributed by atoms with E-state index in [1.54, 1.807) is 6.20 Å². The maximum atomic E-state index is 4.80. The molecule has 0 aliphatic rings. The molecule has 2 aromatic carbocycles. The first-order chi connectivity index (χ1) is 14.3. The predicted octanol–water partition coefficient (Wildman–Crippen LogP) is 5.31. The van der Waals surface area contributed by atoms with Crippen molar-refractivity contribution in [1.82, 2.24) is 15.0 Å². The number of aromatic nitrogens is 3. The first kappa shape index (κ1) is 18.6. The lowest BCUT2D eigenvalue weighted by atomic mass is 10.1. The van der Waals surface area contributed by atoms with Crippen molar-refractivity contribution in [3.63, 3.8) is 0 Å². The molecule has 0 amide bonds. The molecule has 2 aromatic heterocycles. The average Bonchev–Trinajstić information content (AvgIpc) is 2.80. The molecule has 5 heteroatoms. The minimum absolute atomic E-state index is 0.565. The summed E-state index contributed by atoms with van der Waals surface area (Å²) in [6, 6.07) is 28.4. The summed E-state index contributed by atoms with van der Waals surface area (Å²) < 4.78 is 0. The average molecular weight is 381 g/mol. The lowest BCUT2D eigenvalue weighted by Gasteiger charge is -2.23. The van der Waals surface area contributed by atoms with Gasteiger partial charge >= 0.3 is 0 Å². The van der Waals surface area contributed by atoms with Crippen LogP contribution in [0.3, 0.4) is 0 Å². The van der Waals surface area contributed by atoms with Gasteiger partial charge in [0.1, 0.15) is 5.82 Å². The van der Waals surface area contributed by atoms with Crippen LogP contribution in [0.15, 0.2) is 91.1 Å². The van der Waals surface area contributed by atoms with E-state index in [2.05, 4.69) is 46.4 Å². The van der Waals surface area contributed by atoms with Crippen LogP contribution in [0.5, 0.6) is 0 Å². The van der Waals surface area contributed by atoms with Crippen molar-refractivity contribution in [2.45, 2.75) is 13.5 Å². The van der Waals surface area contributed by atoms with E-state index in [1.165, 1.54) is 0 Å². The van der Waals surface area contributed by atoms with E-state index in [0.717, 1.165) is 35.0 Å². The number of pyridine rings is 1. The molecule has 0 atom stereocenters. The van der Waals surface area contributed by atoms with Gasteiger partial charge in [0, 0.05) is 30.1 Å². The number of para-hydroxylation sites is 1. The minimum Gasteiger partial charge on any atom is -0.348 e. The van der Waals surface area contributed by atoms with Gasteiger partial charge in [-0.2, -0.15) is 4.98 Å². The fourth-order valence-corrected chi connectivity index (χ4v) is 3.17. The van der Waals surface area contributed by atoms with Gasteiger partial charge < -0.3 is 10.2 Å². The standard InChI is InChI=1S/C24H23N5/c1-2-29(21-14-7-4-8-15-21)23-17-22(19-11-5-3-6-12-19)27-24(28-23)26-18-20-13-9-10-16-25-20/h3-17H,2,18H2,1H3,(H,26,27,28). The summed E-state index contributed by atoms with van der Waals surface area (Å²) in [6.45, 7) is 3.49.